The Morgan fingerprint density at radius 2 is 1.78 bits per heavy atom. The lowest BCUT2D eigenvalue weighted by Crippen LogP contribution is -2.26. The van der Waals surface area contributed by atoms with E-state index >= 15 is 0 Å². The number of hydrogen-bond acceptors (Lipinski definition) is 4. The van der Waals surface area contributed by atoms with E-state index in [2.05, 4.69) is 30.7 Å². The van der Waals surface area contributed by atoms with Crippen LogP contribution in [-0.2, 0) is 24.2 Å². The van der Waals surface area contributed by atoms with Gasteiger partial charge >= 0.3 is 5.97 Å². The number of fused-ring (bicyclic) bond motifs is 1. The zero-order valence-electron chi connectivity index (χ0n) is 21.9. The van der Waals surface area contributed by atoms with Gasteiger partial charge in [0.1, 0.15) is 12.4 Å². The molecule has 37 heavy (non-hydrogen) atoms. The zero-order valence-corrected chi connectivity index (χ0v) is 23.5. The largest absolute Gasteiger partial charge is 0.489 e. The van der Waals surface area contributed by atoms with Crippen molar-refractivity contribution >= 4 is 40.2 Å². The summed E-state index contributed by atoms with van der Waals surface area (Å²) in [4.78, 5) is 20.8. The number of halogens is 1. The molecule has 0 fully saturated rings. The fourth-order valence-electron chi connectivity index (χ4n) is 4.18. The zero-order chi connectivity index (χ0) is 26.8. The molecule has 0 unspecified atom stereocenters. The average molecular weight is 537 g/mol. The Bertz CT molecular complexity index is 1390. The van der Waals surface area contributed by atoms with Gasteiger partial charge in [-0.2, -0.15) is 0 Å². The second kappa shape index (κ2) is 10.8. The minimum absolute atomic E-state index is 0.0820. The number of aromatic amines is 1. The summed E-state index contributed by atoms with van der Waals surface area (Å²) in [5, 5.41) is 11.6. The molecular weight excluding hydrogens is 504 g/mol. The van der Waals surface area contributed by atoms with Crippen LogP contribution in [0.15, 0.2) is 65.8 Å². The lowest BCUT2D eigenvalue weighted by atomic mass is 9.88. The number of pyridine rings is 1. The number of carboxylic acid groups (broad SMARTS) is 1. The highest BCUT2D eigenvalue weighted by molar-refractivity contribution is 8.00. The van der Waals surface area contributed by atoms with Crippen LogP contribution in [0.3, 0.4) is 0 Å². The molecule has 2 heterocycles. The van der Waals surface area contributed by atoms with Crippen LogP contribution >= 0.6 is 23.4 Å². The summed E-state index contributed by atoms with van der Waals surface area (Å²) in [6.07, 6.45) is 4.59. The number of H-pyrrole nitrogens is 1. The van der Waals surface area contributed by atoms with Crippen molar-refractivity contribution < 1.29 is 14.6 Å². The number of aliphatic carboxylic acids is 1. The van der Waals surface area contributed by atoms with Gasteiger partial charge in [-0.1, -0.05) is 50.6 Å². The van der Waals surface area contributed by atoms with E-state index in [-0.39, 0.29) is 4.75 Å². The van der Waals surface area contributed by atoms with Crippen LogP contribution in [0.1, 0.15) is 57.0 Å². The van der Waals surface area contributed by atoms with Crippen LogP contribution in [0.5, 0.6) is 5.75 Å². The van der Waals surface area contributed by atoms with E-state index in [0.717, 1.165) is 43.9 Å². The summed E-state index contributed by atoms with van der Waals surface area (Å²) in [6, 6.07) is 15.8. The molecule has 0 saturated carbocycles. The molecule has 0 radical (unpaired) electrons. The van der Waals surface area contributed by atoms with E-state index < -0.39 is 11.4 Å². The van der Waals surface area contributed by atoms with Crippen molar-refractivity contribution in [1.82, 2.24) is 9.97 Å². The van der Waals surface area contributed by atoms with Crippen LogP contribution in [0.2, 0.25) is 5.02 Å². The quantitative estimate of drug-likeness (QED) is 0.212. The van der Waals surface area contributed by atoms with Gasteiger partial charge in [-0.15, -0.1) is 11.8 Å². The van der Waals surface area contributed by atoms with Gasteiger partial charge < -0.3 is 14.8 Å². The molecule has 2 N–H and O–H groups in total. The number of thioether (sulfide) groups is 1. The van der Waals surface area contributed by atoms with Gasteiger partial charge in [0.25, 0.3) is 0 Å². The topological polar surface area (TPSA) is 75.2 Å². The number of ether oxygens (including phenoxy) is 1. The molecule has 0 spiro atoms. The molecule has 0 aliphatic carbocycles. The molecule has 4 rings (SSSR count). The standard InChI is InChI=1S/C30H33ClN2O3S/c1-29(2,3)37-27-24(16-30(4,5)28(34)35)33-23-12-13-25(36-18-20-7-6-14-32-17-20)22(26(23)27)15-19-8-10-21(31)11-9-19/h6-14,17,33H,15-16,18H2,1-5H3,(H,34,35). The molecule has 0 aliphatic heterocycles. The lowest BCUT2D eigenvalue weighted by Gasteiger charge is -2.23. The summed E-state index contributed by atoms with van der Waals surface area (Å²) in [5.74, 6) is -0.0233. The van der Waals surface area contributed by atoms with Crippen molar-refractivity contribution in [3.05, 3.63) is 88.3 Å². The molecule has 194 valence electrons. The Labute approximate surface area is 227 Å². The van der Waals surface area contributed by atoms with Gasteiger partial charge in [-0.05, 0) is 49.7 Å². The molecule has 5 nitrogen and oxygen atoms in total. The van der Waals surface area contributed by atoms with Gasteiger partial charge in [0, 0.05) is 67.6 Å². The van der Waals surface area contributed by atoms with Crippen molar-refractivity contribution in [3.63, 3.8) is 0 Å². The molecule has 0 atom stereocenters. The van der Waals surface area contributed by atoms with E-state index in [1.807, 2.05) is 48.5 Å². The van der Waals surface area contributed by atoms with E-state index in [0.29, 0.717) is 24.5 Å². The molecule has 0 bridgehead atoms. The number of nitrogens with one attached hydrogen (secondary N) is 1. The van der Waals surface area contributed by atoms with Crippen LogP contribution in [0.25, 0.3) is 10.9 Å². The van der Waals surface area contributed by atoms with E-state index in [9.17, 15) is 9.90 Å². The van der Waals surface area contributed by atoms with Gasteiger partial charge in [-0.3, -0.25) is 9.78 Å². The van der Waals surface area contributed by atoms with Gasteiger partial charge in [0.15, 0.2) is 0 Å². The third-order valence-corrected chi connectivity index (χ3v) is 7.59. The molecule has 0 aliphatic rings. The van der Waals surface area contributed by atoms with E-state index in [1.165, 1.54) is 0 Å². The number of aromatic nitrogens is 2. The van der Waals surface area contributed by atoms with Crippen LogP contribution in [-0.4, -0.2) is 25.8 Å². The third-order valence-electron chi connectivity index (χ3n) is 6.07. The van der Waals surface area contributed by atoms with Gasteiger partial charge in [-0.25, -0.2) is 0 Å². The highest BCUT2D eigenvalue weighted by atomic mass is 35.5. The molecule has 0 saturated heterocycles. The summed E-state index contributed by atoms with van der Waals surface area (Å²) in [6.45, 7) is 10.4. The molecule has 4 aromatic rings. The van der Waals surface area contributed by atoms with Crippen LogP contribution in [0, 0.1) is 5.41 Å². The van der Waals surface area contributed by atoms with Crippen molar-refractivity contribution in [2.24, 2.45) is 5.41 Å². The maximum atomic E-state index is 12.0. The molecular formula is C30H33ClN2O3S. The first-order valence-electron chi connectivity index (χ1n) is 12.3. The number of hydrogen-bond donors (Lipinski definition) is 2. The van der Waals surface area contributed by atoms with Crippen molar-refractivity contribution in [2.75, 3.05) is 0 Å². The predicted molar refractivity (Wildman–Crippen MR) is 152 cm³/mol. The van der Waals surface area contributed by atoms with Crippen molar-refractivity contribution in [3.8, 4) is 5.75 Å². The summed E-state index contributed by atoms with van der Waals surface area (Å²) in [7, 11) is 0. The fourth-order valence-corrected chi connectivity index (χ4v) is 5.50. The number of nitrogens with zero attached hydrogens (tertiary/aromatic N) is 1. The highest BCUT2D eigenvalue weighted by Crippen LogP contribution is 2.45. The number of carbonyl (C=O) groups is 1. The lowest BCUT2D eigenvalue weighted by molar-refractivity contribution is -0.146. The molecule has 2 aromatic heterocycles. The number of rotatable bonds is 9. The first kappa shape index (κ1) is 27.1. The molecule has 7 heteroatoms. The first-order valence-corrected chi connectivity index (χ1v) is 13.5. The maximum Gasteiger partial charge on any atom is 0.309 e. The average Bonchev–Trinajstić information content (AvgIpc) is 3.15. The van der Waals surface area contributed by atoms with E-state index in [1.54, 1.807) is 38.0 Å². The number of benzene rings is 2. The highest BCUT2D eigenvalue weighted by Gasteiger charge is 2.32. The smallest absolute Gasteiger partial charge is 0.309 e. The summed E-state index contributed by atoms with van der Waals surface area (Å²) >= 11 is 7.92. The Morgan fingerprint density at radius 1 is 1.05 bits per heavy atom. The Hall–Kier alpha value is -2.96. The fraction of sp³-hybridized carbons (Fsp3) is 0.333. The monoisotopic (exact) mass is 536 g/mol. The first-order chi connectivity index (χ1) is 17.4. The van der Waals surface area contributed by atoms with E-state index in [4.69, 9.17) is 16.3 Å². The van der Waals surface area contributed by atoms with Crippen LogP contribution in [0.4, 0.5) is 0 Å². The SMILES string of the molecule is CC(C)(C)Sc1c(CC(C)(C)C(=O)O)[nH]c2ccc(OCc3cccnc3)c(Cc3ccc(Cl)cc3)c12. The summed E-state index contributed by atoms with van der Waals surface area (Å²) in [5.41, 5.74) is 4.16. The Morgan fingerprint density at radius 3 is 2.41 bits per heavy atom. The van der Waals surface area contributed by atoms with Gasteiger partial charge in [0.05, 0.1) is 5.41 Å². The van der Waals surface area contributed by atoms with Crippen molar-refractivity contribution in [1.29, 1.82) is 0 Å². The summed E-state index contributed by atoms with van der Waals surface area (Å²) < 4.78 is 6.30. The van der Waals surface area contributed by atoms with Crippen LogP contribution < -0.4 is 4.74 Å². The Kier molecular flexibility index (Phi) is 7.91. The number of carboxylic acids is 1. The third kappa shape index (κ3) is 6.68. The maximum absolute atomic E-state index is 12.0. The Balaban J connectivity index is 1.88. The minimum Gasteiger partial charge on any atom is -0.489 e. The second-order valence-corrected chi connectivity index (χ2v) is 13.2. The normalized spacial score (nSPS) is 12.2. The van der Waals surface area contributed by atoms with Gasteiger partial charge in [0.2, 0.25) is 0 Å². The molecule has 2 aromatic carbocycles. The van der Waals surface area contributed by atoms with Crippen molar-refractivity contribution in [2.45, 2.75) is 63.7 Å². The second-order valence-electron chi connectivity index (χ2n) is 10.9. The minimum atomic E-state index is -0.913. The predicted octanol–water partition coefficient (Wildman–Crippen LogP) is 7.93. The molecule has 0 amide bonds.